The zero-order chi connectivity index (χ0) is 27.8. The first-order valence-corrected chi connectivity index (χ1v) is 13.2. The van der Waals surface area contributed by atoms with E-state index in [1.807, 2.05) is 45.0 Å². The van der Waals surface area contributed by atoms with Crippen LogP contribution in [0.3, 0.4) is 0 Å². The molecule has 1 aliphatic heterocycles. The predicted molar refractivity (Wildman–Crippen MR) is 148 cm³/mol. The molecule has 3 rings (SSSR count). The van der Waals surface area contributed by atoms with E-state index >= 15 is 0 Å². The lowest BCUT2D eigenvalue weighted by molar-refractivity contribution is -0.140. The number of likely N-dealkylation sites (tertiary alicyclic amines) is 1. The van der Waals surface area contributed by atoms with Gasteiger partial charge >= 0.3 is 0 Å². The molecule has 0 spiro atoms. The maximum atomic E-state index is 13.3. The summed E-state index contributed by atoms with van der Waals surface area (Å²) >= 11 is 0. The number of ether oxygens (including phenoxy) is 3. The number of likely N-dealkylation sites (N-methyl/N-ethyl adjacent to an activating group) is 1. The highest BCUT2D eigenvalue weighted by molar-refractivity contribution is 6.46. The maximum absolute atomic E-state index is 13.3. The summed E-state index contributed by atoms with van der Waals surface area (Å²) < 4.78 is 17.4. The van der Waals surface area contributed by atoms with Gasteiger partial charge in [0.2, 0.25) is 0 Å². The van der Waals surface area contributed by atoms with Gasteiger partial charge in [0.25, 0.3) is 11.7 Å². The molecule has 8 heteroatoms. The number of ketones is 1. The Morgan fingerprint density at radius 3 is 2.26 bits per heavy atom. The number of rotatable bonds is 13. The van der Waals surface area contributed by atoms with Gasteiger partial charge in [-0.1, -0.05) is 19.9 Å². The molecule has 1 amide bonds. The van der Waals surface area contributed by atoms with Gasteiger partial charge < -0.3 is 29.1 Å². The van der Waals surface area contributed by atoms with Crippen molar-refractivity contribution >= 4 is 17.4 Å². The van der Waals surface area contributed by atoms with E-state index in [-0.39, 0.29) is 11.3 Å². The van der Waals surface area contributed by atoms with Gasteiger partial charge in [0.05, 0.1) is 31.4 Å². The first kappa shape index (κ1) is 29.0. The van der Waals surface area contributed by atoms with Crippen molar-refractivity contribution in [2.45, 2.75) is 40.2 Å². The monoisotopic (exact) mass is 524 g/mol. The zero-order valence-corrected chi connectivity index (χ0v) is 23.3. The third-order valence-corrected chi connectivity index (χ3v) is 6.30. The summed E-state index contributed by atoms with van der Waals surface area (Å²) in [5.74, 6) is 0.722. The number of hydrogen-bond donors (Lipinski definition) is 1. The molecular formula is C30H40N2O6. The Kier molecular flexibility index (Phi) is 10.2. The molecule has 1 fully saturated rings. The van der Waals surface area contributed by atoms with Crippen LogP contribution in [0.25, 0.3) is 5.76 Å². The van der Waals surface area contributed by atoms with Crippen LogP contribution in [0.15, 0.2) is 48.0 Å². The van der Waals surface area contributed by atoms with Crippen LogP contribution in [0.5, 0.6) is 17.2 Å². The quantitative estimate of drug-likeness (QED) is 0.227. The molecule has 0 saturated carbocycles. The normalized spacial score (nSPS) is 16.9. The number of carbonyl (C=O) groups is 2. The lowest BCUT2D eigenvalue weighted by Crippen LogP contribution is -2.35. The molecule has 0 aromatic heterocycles. The molecule has 2 aromatic carbocycles. The van der Waals surface area contributed by atoms with E-state index in [4.69, 9.17) is 14.2 Å². The molecule has 0 radical (unpaired) electrons. The first-order valence-electron chi connectivity index (χ1n) is 13.2. The van der Waals surface area contributed by atoms with Gasteiger partial charge in [0.1, 0.15) is 11.5 Å². The lowest BCUT2D eigenvalue weighted by atomic mass is 9.95. The summed E-state index contributed by atoms with van der Waals surface area (Å²) in [6.07, 6.45) is 0.903. The van der Waals surface area contributed by atoms with Gasteiger partial charge in [-0.15, -0.1) is 0 Å². The Bertz CT molecular complexity index is 1140. The third-order valence-electron chi connectivity index (χ3n) is 6.30. The molecule has 0 aliphatic carbocycles. The highest BCUT2D eigenvalue weighted by Crippen LogP contribution is 2.42. The van der Waals surface area contributed by atoms with Crippen molar-refractivity contribution in [3.63, 3.8) is 0 Å². The van der Waals surface area contributed by atoms with Crippen molar-refractivity contribution in [2.75, 3.05) is 47.0 Å². The second-order valence-corrected chi connectivity index (χ2v) is 9.92. The van der Waals surface area contributed by atoms with Crippen LogP contribution in [0, 0.1) is 5.92 Å². The van der Waals surface area contributed by atoms with Crippen molar-refractivity contribution < 1.29 is 28.9 Å². The average molecular weight is 525 g/mol. The molecule has 1 heterocycles. The molecule has 1 aliphatic rings. The summed E-state index contributed by atoms with van der Waals surface area (Å²) in [5.41, 5.74) is 1.15. The summed E-state index contributed by atoms with van der Waals surface area (Å²) in [5, 5.41) is 11.3. The van der Waals surface area contributed by atoms with Crippen molar-refractivity contribution in [1.29, 1.82) is 0 Å². The van der Waals surface area contributed by atoms with Gasteiger partial charge in [-0.3, -0.25) is 9.59 Å². The fraction of sp³-hybridized carbons (Fsp3) is 0.467. The minimum atomic E-state index is -0.773. The van der Waals surface area contributed by atoms with Crippen molar-refractivity contribution in [3.05, 3.63) is 59.2 Å². The van der Waals surface area contributed by atoms with E-state index in [1.165, 1.54) is 4.90 Å². The Hall–Kier alpha value is -3.52. The van der Waals surface area contributed by atoms with E-state index in [0.717, 1.165) is 6.42 Å². The summed E-state index contributed by atoms with van der Waals surface area (Å²) in [6.45, 7) is 10.4. The van der Waals surface area contributed by atoms with Crippen LogP contribution in [0.1, 0.15) is 51.3 Å². The molecular weight excluding hydrogens is 484 g/mol. The van der Waals surface area contributed by atoms with E-state index in [2.05, 4.69) is 13.8 Å². The third kappa shape index (κ3) is 6.86. The van der Waals surface area contributed by atoms with Crippen molar-refractivity contribution in [2.24, 2.45) is 5.92 Å². The number of Topliss-reactive ketones (excluding diaryl/α,β-unsaturated/α-hetero) is 1. The fourth-order valence-corrected chi connectivity index (χ4v) is 4.28. The molecule has 1 unspecified atom stereocenters. The van der Waals surface area contributed by atoms with Crippen molar-refractivity contribution in [3.8, 4) is 17.2 Å². The van der Waals surface area contributed by atoms with Crippen LogP contribution in [0.4, 0.5) is 0 Å². The largest absolute Gasteiger partial charge is 0.507 e. The minimum absolute atomic E-state index is 0.0499. The number of benzene rings is 2. The number of nitrogens with zero attached hydrogens (tertiary/aromatic N) is 2. The van der Waals surface area contributed by atoms with Crippen LogP contribution in [0.2, 0.25) is 0 Å². The molecule has 1 saturated heterocycles. The number of carbonyl (C=O) groups excluding carboxylic acids is 2. The number of hydrogen-bond acceptors (Lipinski definition) is 7. The zero-order valence-electron chi connectivity index (χ0n) is 23.3. The number of aliphatic hydroxyl groups excluding tert-OH is 1. The molecule has 8 nitrogen and oxygen atoms in total. The highest BCUT2D eigenvalue weighted by atomic mass is 16.5. The first-order chi connectivity index (χ1) is 18.2. The summed E-state index contributed by atoms with van der Waals surface area (Å²) in [4.78, 5) is 30.0. The van der Waals surface area contributed by atoms with E-state index < -0.39 is 17.7 Å². The average Bonchev–Trinajstić information content (AvgIpc) is 3.13. The maximum Gasteiger partial charge on any atom is 0.295 e. The molecule has 1 N–H and O–H groups in total. The molecule has 38 heavy (non-hydrogen) atoms. The molecule has 206 valence electrons. The number of amides is 1. The van der Waals surface area contributed by atoms with Crippen molar-refractivity contribution in [1.82, 2.24) is 9.80 Å². The molecule has 0 bridgehead atoms. The van der Waals surface area contributed by atoms with Crippen LogP contribution in [-0.4, -0.2) is 73.6 Å². The van der Waals surface area contributed by atoms with E-state index in [9.17, 15) is 14.7 Å². The number of aliphatic hydroxyl groups is 1. The Morgan fingerprint density at radius 1 is 0.974 bits per heavy atom. The van der Waals surface area contributed by atoms with Crippen LogP contribution < -0.4 is 14.2 Å². The Labute approximate surface area is 225 Å². The van der Waals surface area contributed by atoms with Gasteiger partial charge in [-0.25, -0.2) is 0 Å². The minimum Gasteiger partial charge on any atom is -0.507 e. The topological polar surface area (TPSA) is 88.5 Å². The lowest BCUT2D eigenvalue weighted by Gasteiger charge is -2.27. The van der Waals surface area contributed by atoms with Gasteiger partial charge in [-0.05, 0) is 82.2 Å². The van der Waals surface area contributed by atoms with Crippen LogP contribution >= 0.6 is 0 Å². The van der Waals surface area contributed by atoms with Gasteiger partial charge in [0, 0.05) is 18.7 Å². The van der Waals surface area contributed by atoms with E-state index in [0.29, 0.717) is 67.2 Å². The summed E-state index contributed by atoms with van der Waals surface area (Å²) in [6, 6.07) is 11.5. The summed E-state index contributed by atoms with van der Waals surface area (Å²) in [7, 11) is 3.81. The second kappa shape index (κ2) is 13.3. The smallest absolute Gasteiger partial charge is 0.295 e. The molecule has 1 atom stereocenters. The SMILES string of the molecule is CCOc1ccc(/C(O)=C2\C(=O)C(=O)N(CCN(C)C)C2c2ccc(OCCC(C)C)c(OCC)c2)cc1. The van der Waals surface area contributed by atoms with E-state index in [1.54, 1.807) is 30.3 Å². The molecule has 2 aromatic rings. The highest BCUT2D eigenvalue weighted by Gasteiger charge is 2.46. The van der Waals surface area contributed by atoms with Gasteiger partial charge in [0.15, 0.2) is 11.5 Å². The Balaban J connectivity index is 2.08. The van der Waals surface area contributed by atoms with Gasteiger partial charge in [-0.2, -0.15) is 0 Å². The van der Waals surface area contributed by atoms with Crippen LogP contribution in [-0.2, 0) is 9.59 Å². The Morgan fingerprint density at radius 2 is 1.66 bits per heavy atom. The fourth-order valence-electron chi connectivity index (χ4n) is 4.28. The second-order valence-electron chi connectivity index (χ2n) is 9.92. The predicted octanol–water partition coefficient (Wildman–Crippen LogP) is 4.89. The standard InChI is InChI=1S/C30H40N2O6/c1-7-36-23-12-9-21(10-13-23)28(33)26-27(32(17-16-31(5)6)30(35)29(26)34)22-11-14-24(25(19-22)37-8-2)38-18-15-20(3)4/h9-14,19-20,27,33H,7-8,15-18H2,1-6H3/b28-26+.